The van der Waals surface area contributed by atoms with Crippen LogP contribution in [0.2, 0.25) is 0 Å². The maximum Gasteiger partial charge on any atom is 0.311 e. The quantitative estimate of drug-likeness (QED) is 0.848. The SMILES string of the molecule is CC(=O)c1cc(CN2CC[C@@]3(C(=O)O)CCCN(C)[C@@H]3C2)n(C)c1. The van der Waals surface area contributed by atoms with Crippen molar-refractivity contribution in [3.8, 4) is 0 Å². The minimum Gasteiger partial charge on any atom is -0.481 e. The van der Waals surface area contributed by atoms with Gasteiger partial charge in [-0.05, 0) is 52.4 Å². The molecule has 0 bridgehead atoms. The lowest BCUT2D eigenvalue weighted by molar-refractivity contribution is -0.162. The van der Waals surface area contributed by atoms with Crippen molar-refractivity contribution in [1.82, 2.24) is 14.4 Å². The van der Waals surface area contributed by atoms with Gasteiger partial charge < -0.3 is 14.6 Å². The maximum atomic E-state index is 12.0. The number of aliphatic carboxylic acids is 1. The van der Waals surface area contributed by atoms with E-state index in [1.165, 1.54) is 0 Å². The van der Waals surface area contributed by atoms with E-state index >= 15 is 0 Å². The highest BCUT2D eigenvalue weighted by Gasteiger charge is 2.52. The zero-order valence-corrected chi connectivity index (χ0v) is 14.8. The van der Waals surface area contributed by atoms with Crippen molar-refractivity contribution >= 4 is 11.8 Å². The molecule has 0 unspecified atom stereocenters. The first-order chi connectivity index (χ1) is 11.3. The first kappa shape index (κ1) is 17.2. The van der Waals surface area contributed by atoms with Gasteiger partial charge >= 0.3 is 5.97 Å². The molecule has 0 spiro atoms. The summed E-state index contributed by atoms with van der Waals surface area (Å²) in [5, 5.41) is 9.84. The van der Waals surface area contributed by atoms with E-state index in [1.807, 2.05) is 30.9 Å². The molecule has 3 heterocycles. The summed E-state index contributed by atoms with van der Waals surface area (Å²) in [7, 11) is 4.00. The molecule has 0 saturated carbocycles. The fraction of sp³-hybridized carbons (Fsp3) is 0.667. The highest BCUT2D eigenvalue weighted by molar-refractivity contribution is 5.94. The van der Waals surface area contributed by atoms with Crippen LogP contribution in [0.4, 0.5) is 0 Å². The number of hydrogen-bond acceptors (Lipinski definition) is 4. The molecule has 6 nitrogen and oxygen atoms in total. The van der Waals surface area contributed by atoms with E-state index in [2.05, 4.69) is 9.80 Å². The molecular weight excluding hydrogens is 306 g/mol. The molecule has 0 aliphatic carbocycles. The summed E-state index contributed by atoms with van der Waals surface area (Å²) in [6.07, 6.45) is 4.31. The average molecular weight is 333 g/mol. The van der Waals surface area contributed by atoms with Gasteiger partial charge in [0.2, 0.25) is 0 Å². The number of carboxylic acids is 1. The van der Waals surface area contributed by atoms with E-state index in [9.17, 15) is 14.7 Å². The Kier molecular flexibility index (Phi) is 4.53. The number of aryl methyl sites for hydroxylation is 1. The first-order valence-corrected chi connectivity index (χ1v) is 8.65. The zero-order chi connectivity index (χ0) is 17.5. The van der Waals surface area contributed by atoms with Crippen LogP contribution in [0.1, 0.15) is 42.2 Å². The molecule has 6 heteroatoms. The lowest BCUT2D eigenvalue weighted by Crippen LogP contribution is -2.62. The average Bonchev–Trinajstić information content (AvgIpc) is 2.89. The number of aromatic nitrogens is 1. The standard InChI is InChI=1S/C18H27N3O3/c1-13(22)14-9-15(20(3)10-14)11-21-8-6-18(17(23)24)5-4-7-19(2)16(18)12-21/h9-10,16H,4-8,11-12H2,1-3H3,(H,23,24)/t16-,18+/m1/s1. The van der Waals surface area contributed by atoms with E-state index in [0.717, 1.165) is 50.3 Å². The smallest absolute Gasteiger partial charge is 0.311 e. The number of likely N-dealkylation sites (tertiary alicyclic amines) is 2. The molecule has 2 atom stereocenters. The topological polar surface area (TPSA) is 65.8 Å². The summed E-state index contributed by atoms with van der Waals surface area (Å²) in [6.45, 7) is 4.86. The molecule has 2 aliphatic heterocycles. The van der Waals surface area contributed by atoms with Gasteiger partial charge in [0.05, 0.1) is 5.41 Å². The van der Waals surface area contributed by atoms with Gasteiger partial charge in [-0.15, -0.1) is 0 Å². The summed E-state index contributed by atoms with van der Waals surface area (Å²) in [6, 6.07) is 2.01. The Morgan fingerprint density at radius 3 is 2.67 bits per heavy atom. The third kappa shape index (κ3) is 2.89. The third-order valence-electron chi connectivity index (χ3n) is 5.93. The molecule has 132 valence electrons. The van der Waals surface area contributed by atoms with E-state index in [4.69, 9.17) is 0 Å². The number of likely N-dealkylation sites (N-methyl/N-ethyl adjacent to an activating group) is 1. The number of carboxylic acid groups (broad SMARTS) is 1. The predicted octanol–water partition coefficient (Wildman–Crippen LogP) is 1.60. The summed E-state index contributed by atoms with van der Waals surface area (Å²) < 4.78 is 2.00. The second kappa shape index (κ2) is 6.33. The van der Waals surface area contributed by atoms with Crippen LogP contribution in [0.25, 0.3) is 0 Å². The van der Waals surface area contributed by atoms with Crippen molar-refractivity contribution in [2.45, 2.75) is 38.8 Å². The van der Waals surface area contributed by atoms with Gasteiger partial charge in [-0.3, -0.25) is 14.5 Å². The third-order valence-corrected chi connectivity index (χ3v) is 5.93. The van der Waals surface area contributed by atoms with E-state index < -0.39 is 11.4 Å². The van der Waals surface area contributed by atoms with Crippen LogP contribution in [-0.4, -0.2) is 63.9 Å². The molecule has 0 radical (unpaired) electrons. The molecule has 1 N–H and O–H groups in total. The van der Waals surface area contributed by atoms with Crippen LogP contribution < -0.4 is 0 Å². The minimum absolute atomic E-state index is 0.0602. The lowest BCUT2D eigenvalue weighted by atomic mass is 9.68. The molecule has 2 saturated heterocycles. The molecule has 3 rings (SSSR count). The Bertz CT molecular complexity index is 654. The first-order valence-electron chi connectivity index (χ1n) is 8.65. The Labute approximate surface area is 143 Å². The molecule has 0 aromatic carbocycles. The van der Waals surface area contributed by atoms with Gasteiger partial charge in [-0.1, -0.05) is 0 Å². The Hall–Kier alpha value is -1.66. The maximum absolute atomic E-state index is 12.0. The van der Waals surface area contributed by atoms with Crippen LogP contribution in [0.3, 0.4) is 0 Å². The number of Topliss-reactive ketones (excluding diaryl/α,β-unsaturated/α-hetero) is 1. The highest BCUT2D eigenvalue weighted by atomic mass is 16.4. The van der Waals surface area contributed by atoms with Crippen LogP contribution in [0, 0.1) is 5.41 Å². The Balaban J connectivity index is 1.76. The van der Waals surface area contributed by atoms with E-state index in [1.54, 1.807) is 6.92 Å². The number of ketones is 1. The number of carbonyl (C=O) groups is 2. The molecule has 2 aliphatic rings. The number of rotatable bonds is 4. The lowest BCUT2D eigenvalue weighted by Gasteiger charge is -2.51. The van der Waals surface area contributed by atoms with Crippen molar-refractivity contribution in [3.63, 3.8) is 0 Å². The second-order valence-electron chi connectivity index (χ2n) is 7.43. The molecule has 0 amide bonds. The normalized spacial score (nSPS) is 28.5. The summed E-state index contributed by atoms with van der Waals surface area (Å²) >= 11 is 0. The summed E-state index contributed by atoms with van der Waals surface area (Å²) in [5.41, 5.74) is 1.24. The molecule has 2 fully saturated rings. The van der Waals surface area contributed by atoms with Gasteiger partial charge in [0.1, 0.15) is 0 Å². The highest BCUT2D eigenvalue weighted by Crippen LogP contribution is 2.42. The van der Waals surface area contributed by atoms with E-state index in [-0.39, 0.29) is 11.8 Å². The summed E-state index contributed by atoms with van der Waals surface area (Å²) in [4.78, 5) is 28.1. The number of nitrogens with zero attached hydrogens (tertiary/aromatic N) is 3. The Morgan fingerprint density at radius 1 is 1.29 bits per heavy atom. The molecule has 1 aromatic rings. The van der Waals surface area contributed by atoms with Gasteiger partial charge in [0.25, 0.3) is 0 Å². The Morgan fingerprint density at radius 2 is 2.04 bits per heavy atom. The number of carbonyl (C=O) groups excluding carboxylic acids is 1. The van der Waals surface area contributed by atoms with Crippen LogP contribution in [-0.2, 0) is 18.4 Å². The molecule has 24 heavy (non-hydrogen) atoms. The minimum atomic E-state index is -0.642. The van der Waals surface area contributed by atoms with Crippen LogP contribution in [0.5, 0.6) is 0 Å². The second-order valence-corrected chi connectivity index (χ2v) is 7.43. The monoisotopic (exact) mass is 333 g/mol. The zero-order valence-electron chi connectivity index (χ0n) is 14.8. The predicted molar refractivity (Wildman–Crippen MR) is 91.0 cm³/mol. The van der Waals surface area contributed by atoms with Gasteiger partial charge in [0.15, 0.2) is 5.78 Å². The number of fused-ring (bicyclic) bond motifs is 1. The molecular formula is C18H27N3O3. The van der Waals surface area contributed by atoms with Gasteiger partial charge in [0, 0.05) is 43.6 Å². The van der Waals surface area contributed by atoms with Gasteiger partial charge in [-0.25, -0.2) is 0 Å². The van der Waals surface area contributed by atoms with Gasteiger partial charge in [-0.2, -0.15) is 0 Å². The fourth-order valence-corrected chi connectivity index (χ4v) is 4.38. The van der Waals surface area contributed by atoms with Crippen molar-refractivity contribution in [1.29, 1.82) is 0 Å². The number of piperidine rings is 2. The molecule has 1 aromatic heterocycles. The fourth-order valence-electron chi connectivity index (χ4n) is 4.38. The van der Waals surface area contributed by atoms with Crippen molar-refractivity contribution < 1.29 is 14.7 Å². The van der Waals surface area contributed by atoms with Crippen molar-refractivity contribution in [2.24, 2.45) is 12.5 Å². The van der Waals surface area contributed by atoms with Crippen molar-refractivity contribution in [3.05, 3.63) is 23.5 Å². The summed E-state index contributed by atoms with van der Waals surface area (Å²) in [5.74, 6) is -0.566. The van der Waals surface area contributed by atoms with E-state index in [0.29, 0.717) is 6.42 Å². The van der Waals surface area contributed by atoms with Crippen LogP contribution >= 0.6 is 0 Å². The largest absolute Gasteiger partial charge is 0.481 e. The van der Waals surface area contributed by atoms with Crippen molar-refractivity contribution in [2.75, 3.05) is 26.7 Å². The number of hydrogen-bond donors (Lipinski definition) is 1. The van der Waals surface area contributed by atoms with Crippen LogP contribution in [0.15, 0.2) is 12.3 Å².